The first-order chi connectivity index (χ1) is 15.7. The minimum atomic E-state index is -3.74. The fraction of sp³-hybridized carbons (Fsp3) is 0.440. The number of ether oxygens (including phenoxy) is 1. The van der Waals surface area contributed by atoms with Crippen LogP contribution >= 0.6 is 0 Å². The van der Waals surface area contributed by atoms with Crippen molar-refractivity contribution >= 4 is 27.6 Å². The van der Waals surface area contributed by atoms with E-state index in [0.717, 1.165) is 5.56 Å². The van der Waals surface area contributed by atoms with Crippen LogP contribution in [0, 0.1) is 6.92 Å². The number of sulfonamides is 1. The summed E-state index contributed by atoms with van der Waals surface area (Å²) in [6.07, 6.45) is 0. The van der Waals surface area contributed by atoms with Crippen molar-refractivity contribution in [2.75, 3.05) is 45.1 Å². The van der Waals surface area contributed by atoms with E-state index in [2.05, 4.69) is 0 Å². The zero-order valence-electron chi connectivity index (χ0n) is 21.0. The molecule has 0 saturated heterocycles. The maximum absolute atomic E-state index is 13.2. The summed E-state index contributed by atoms with van der Waals surface area (Å²) in [5.74, 6) is -0.816. The maximum atomic E-state index is 13.2. The third kappa shape index (κ3) is 7.56. The Kier molecular flexibility index (Phi) is 8.85. The molecule has 0 atom stereocenters. The van der Waals surface area contributed by atoms with Gasteiger partial charge in [0.05, 0.1) is 10.6 Å². The first kappa shape index (κ1) is 27.3. The van der Waals surface area contributed by atoms with Crippen LogP contribution in [0.5, 0.6) is 0 Å². The lowest BCUT2D eigenvalue weighted by atomic mass is 10.1. The quantitative estimate of drug-likeness (QED) is 0.503. The summed E-state index contributed by atoms with van der Waals surface area (Å²) in [7, 11) is 1.50. The van der Waals surface area contributed by atoms with Crippen LogP contribution in [0.25, 0.3) is 0 Å². The SMILES string of the molecule is Cc1ccc(S(=O)(=O)N(C)c2ccc(C(=O)N(CCN(C)C)CC(=O)OC(C)(C)C)cc2)cc1. The molecule has 0 radical (unpaired) electrons. The fourth-order valence-corrected chi connectivity index (χ4v) is 4.30. The monoisotopic (exact) mass is 489 g/mol. The molecule has 0 unspecified atom stereocenters. The first-order valence-electron chi connectivity index (χ1n) is 11.0. The zero-order valence-corrected chi connectivity index (χ0v) is 21.8. The third-order valence-electron chi connectivity index (χ3n) is 5.00. The van der Waals surface area contributed by atoms with Crippen LogP contribution in [-0.4, -0.2) is 76.5 Å². The topological polar surface area (TPSA) is 87.2 Å². The predicted molar refractivity (Wildman–Crippen MR) is 134 cm³/mol. The van der Waals surface area contributed by atoms with Gasteiger partial charge in [-0.2, -0.15) is 0 Å². The molecule has 0 aliphatic rings. The van der Waals surface area contributed by atoms with E-state index in [1.165, 1.54) is 16.3 Å². The van der Waals surface area contributed by atoms with Crippen molar-refractivity contribution in [1.82, 2.24) is 9.80 Å². The summed E-state index contributed by atoms with van der Waals surface area (Å²) < 4.78 is 32.5. The van der Waals surface area contributed by atoms with Crippen molar-refractivity contribution in [2.45, 2.75) is 38.2 Å². The Hall–Kier alpha value is -2.91. The number of rotatable bonds is 9. The number of hydrogen-bond donors (Lipinski definition) is 0. The number of amides is 1. The number of hydrogen-bond acceptors (Lipinski definition) is 6. The third-order valence-corrected chi connectivity index (χ3v) is 6.80. The molecule has 0 fully saturated rings. The van der Waals surface area contributed by atoms with E-state index in [0.29, 0.717) is 24.3 Å². The minimum Gasteiger partial charge on any atom is -0.459 e. The molecule has 0 spiro atoms. The smallest absolute Gasteiger partial charge is 0.326 e. The van der Waals surface area contributed by atoms with E-state index >= 15 is 0 Å². The van der Waals surface area contributed by atoms with Gasteiger partial charge in [0.15, 0.2) is 0 Å². The molecule has 1 amide bonds. The molecule has 2 aromatic rings. The molecule has 186 valence electrons. The van der Waals surface area contributed by atoms with Gasteiger partial charge in [-0.3, -0.25) is 13.9 Å². The van der Waals surface area contributed by atoms with Gasteiger partial charge in [-0.05, 0) is 78.2 Å². The summed E-state index contributed by atoms with van der Waals surface area (Å²) in [4.78, 5) is 29.1. The van der Waals surface area contributed by atoms with Crippen molar-refractivity contribution in [1.29, 1.82) is 0 Å². The molecule has 2 rings (SSSR count). The Bertz CT molecular complexity index is 1090. The van der Waals surface area contributed by atoms with Crippen molar-refractivity contribution in [2.24, 2.45) is 0 Å². The molecule has 2 aromatic carbocycles. The standard InChI is InChI=1S/C25H35N3O5S/c1-19-8-14-22(15-9-19)34(31,32)27(7)21-12-10-20(11-13-21)24(30)28(17-16-26(5)6)18-23(29)33-25(2,3)4/h8-15H,16-18H2,1-7H3. The fourth-order valence-electron chi connectivity index (χ4n) is 3.11. The lowest BCUT2D eigenvalue weighted by molar-refractivity contribution is -0.155. The van der Waals surface area contributed by atoms with Crippen LogP contribution in [0.4, 0.5) is 5.69 Å². The van der Waals surface area contributed by atoms with Crippen LogP contribution in [-0.2, 0) is 19.6 Å². The number of aryl methyl sites for hydroxylation is 1. The van der Waals surface area contributed by atoms with E-state index < -0.39 is 21.6 Å². The van der Waals surface area contributed by atoms with E-state index in [-0.39, 0.29) is 17.3 Å². The molecule has 0 aliphatic carbocycles. The molecule has 34 heavy (non-hydrogen) atoms. The van der Waals surface area contributed by atoms with Gasteiger partial charge in [0.2, 0.25) is 0 Å². The Morgan fingerprint density at radius 2 is 1.44 bits per heavy atom. The van der Waals surface area contributed by atoms with Gasteiger partial charge in [0.25, 0.3) is 15.9 Å². The van der Waals surface area contributed by atoms with Gasteiger partial charge in [-0.15, -0.1) is 0 Å². The van der Waals surface area contributed by atoms with Crippen LogP contribution in [0.3, 0.4) is 0 Å². The molecule has 0 aliphatic heterocycles. The second-order valence-corrected chi connectivity index (χ2v) is 11.4. The molecule has 0 saturated carbocycles. The van der Waals surface area contributed by atoms with Crippen LogP contribution in [0.2, 0.25) is 0 Å². The van der Waals surface area contributed by atoms with E-state index in [4.69, 9.17) is 4.74 Å². The Labute approximate surface area is 203 Å². The van der Waals surface area contributed by atoms with E-state index in [9.17, 15) is 18.0 Å². The van der Waals surface area contributed by atoms with Crippen LogP contribution in [0.15, 0.2) is 53.4 Å². The molecule has 0 N–H and O–H groups in total. The molecule has 0 aromatic heterocycles. The lowest BCUT2D eigenvalue weighted by Crippen LogP contribution is -2.42. The average molecular weight is 490 g/mol. The molecule has 0 bridgehead atoms. The second-order valence-electron chi connectivity index (χ2n) is 9.45. The second kappa shape index (κ2) is 11.0. The number of carbonyl (C=O) groups is 2. The van der Waals surface area contributed by atoms with Crippen molar-refractivity contribution in [3.63, 3.8) is 0 Å². The van der Waals surface area contributed by atoms with E-state index in [1.807, 2.05) is 25.9 Å². The highest BCUT2D eigenvalue weighted by Gasteiger charge is 2.24. The van der Waals surface area contributed by atoms with Gasteiger partial charge in [0, 0.05) is 25.7 Å². The number of carbonyl (C=O) groups excluding carboxylic acids is 2. The van der Waals surface area contributed by atoms with Crippen LogP contribution in [0.1, 0.15) is 36.7 Å². The number of likely N-dealkylation sites (N-methyl/N-ethyl adjacent to an activating group) is 1. The molecule has 0 heterocycles. The van der Waals surface area contributed by atoms with E-state index in [1.54, 1.807) is 69.3 Å². The summed E-state index contributed by atoms with van der Waals surface area (Å²) >= 11 is 0. The molecule has 9 heteroatoms. The molecular weight excluding hydrogens is 454 g/mol. The van der Waals surface area contributed by atoms with Crippen LogP contribution < -0.4 is 4.31 Å². The predicted octanol–water partition coefficient (Wildman–Crippen LogP) is 3.17. The molecular formula is C25H35N3O5S. The van der Waals surface area contributed by atoms with Gasteiger partial charge >= 0.3 is 5.97 Å². The summed E-state index contributed by atoms with van der Waals surface area (Å²) in [5, 5.41) is 0. The highest BCUT2D eigenvalue weighted by atomic mass is 32.2. The Morgan fingerprint density at radius 3 is 1.94 bits per heavy atom. The van der Waals surface area contributed by atoms with Gasteiger partial charge in [-0.25, -0.2) is 8.42 Å². The Morgan fingerprint density at radius 1 is 0.882 bits per heavy atom. The minimum absolute atomic E-state index is 0.173. The molecule has 8 nitrogen and oxygen atoms in total. The average Bonchev–Trinajstić information content (AvgIpc) is 2.74. The first-order valence-corrected chi connectivity index (χ1v) is 12.5. The van der Waals surface area contributed by atoms with Gasteiger partial charge in [0.1, 0.15) is 12.1 Å². The maximum Gasteiger partial charge on any atom is 0.326 e. The highest BCUT2D eigenvalue weighted by molar-refractivity contribution is 7.92. The largest absolute Gasteiger partial charge is 0.459 e. The van der Waals surface area contributed by atoms with Crippen molar-refractivity contribution in [3.05, 3.63) is 59.7 Å². The zero-order chi connectivity index (χ0) is 25.7. The van der Waals surface area contributed by atoms with Gasteiger partial charge in [-0.1, -0.05) is 17.7 Å². The number of benzene rings is 2. The lowest BCUT2D eigenvalue weighted by Gasteiger charge is -2.26. The summed E-state index contributed by atoms with van der Waals surface area (Å²) in [6, 6.07) is 12.9. The number of nitrogens with zero attached hydrogens (tertiary/aromatic N) is 3. The normalized spacial score (nSPS) is 11.9. The van der Waals surface area contributed by atoms with Crippen molar-refractivity contribution < 1.29 is 22.7 Å². The number of anilines is 1. The van der Waals surface area contributed by atoms with Gasteiger partial charge < -0.3 is 14.5 Å². The summed E-state index contributed by atoms with van der Waals surface area (Å²) in [6.45, 7) is 7.96. The Balaban J connectivity index is 2.22. The number of esters is 1. The summed E-state index contributed by atoms with van der Waals surface area (Å²) in [5.41, 5.74) is 1.09. The highest BCUT2D eigenvalue weighted by Crippen LogP contribution is 2.23. The van der Waals surface area contributed by atoms with Crippen molar-refractivity contribution in [3.8, 4) is 0 Å².